The zero-order valence-corrected chi connectivity index (χ0v) is 18.8. The lowest BCUT2D eigenvalue weighted by Gasteiger charge is -2.25. The van der Waals surface area contributed by atoms with Crippen LogP contribution in [0.4, 0.5) is 5.69 Å². The van der Waals surface area contributed by atoms with E-state index in [2.05, 4.69) is 10.0 Å². The van der Waals surface area contributed by atoms with Gasteiger partial charge in [-0.1, -0.05) is 44.0 Å². The number of amides is 1. The van der Waals surface area contributed by atoms with Crippen LogP contribution in [0.5, 0.6) is 0 Å². The number of carboxylic acids is 1. The molecule has 3 unspecified atom stereocenters. The van der Waals surface area contributed by atoms with Gasteiger partial charge in [-0.25, -0.2) is 13.2 Å². The van der Waals surface area contributed by atoms with Crippen molar-refractivity contribution in [2.45, 2.75) is 37.2 Å². The van der Waals surface area contributed by atoms with Crippen molar-refractivity contribution in [3.05, 3.63) is 69.2 Å². The fourth-order valence-corrected chi connectivity index (χ4v) is 4.25. The molecular weight excluding hydrogens is 462 g/mol. The Kier molecular flexibility index (Phi) is 8.31. The highest BCUT2D eigenvalue weighted by Crippen LogP contribution is 2.20. The van der Waals surface area contributed by atoms with Crippen LogP contribution in [0.2, 0.25) is 5.02 Å². The Labute approximate surface area is 189 Å². The summed E-state index contributed by atoms with van der Waals surface area (Å²) in [5.41, 5.74) is -0.0242. The van der Waals surface area contributed by atoms with Crippen LogP contribution >= 0.6 is 11.6 Å². The van der Waals surface area contributed by atoms with Gasteiger partial charge in [-0.05, 0) is 35.7 Å². The van der Waals surface area contributed by atoms with Crippen LogP contribution in [0, 0.1) is 16.0 Å². The third-order valence-electron chi connectivity index (χ3n) is 4.87. The van der Waals surface area contributed by atoms with Gasteiger partial charge in [0.05, 0.1) is 9.82 Å². The fraction of sp³-hybridized carbons (Fsp3) is 0.300. The summed E-state index contributed by atoms with van der Waals surface area (Å²) < 4.78 is 27.9. The molecule has 0 radical (unpaired) electrons. The van der Waals surface area contributed by atoms with Gasteiger partial charge < -0.3 is 10.4 Å². The molecule has 3 N–H and O–H groups in total. The Morgan fingerprint density at radius 1 is 1.12 bits per heavy atom. The van der Waals surface area contributed by atoms with E-state index in [1.54, 1.807) is 13.8 Å². The smallest absolute Gasteiger partial charge is 0.330 e. The zero-order chi connectivity index (χ0) is 24.1. The number of hydrogen-bond donors (Lipinski definition) is 3. The first kappa shape index (κ1) is 25.2. The van der Waals surface area contributed by atoms with Crippen LogP contribution in [0.25, 0.3) is 0 Å². The Bertz CT molecular complexity index is 1090. The van der Waals surface area contributed by atoms with E-state index in [0.29, 0.717) is 11.4 Å². The summed E-state index contributed by atoms with van der Waals surface area (Å²) in [5, 5.41) is 23.1. The molecule has 0 saturated heterocycles. The Hall–Kier alpha value is -3.02. The average molecular weight is 484 g/mol. The number of carbonyl (C=O) groups is 2. The minimum absolute atomic E-state index is 0.261. The predicted molar refractivity (Wildman–Crippen MR) is 117 cm³/mol. The summed E-state index contributed by atoms with van der Waals surface area (Å²) in [5.74, 6) is -2.64. The molecule has 12 heteroatoms. The normalized spacial score (nSPS) is 14.2. The molecule has 2 aromatic rings. The summed E-state index contributed by atoms with van der Waals surface area (Å²) in [6.45, 7) is 3.39. The predicted octanol–water partition coefficient (Wildman–Crippen LogP) is 2.88. The van der Waals surface area contributed by atoms with Crippen molar-refractivity contribution >= 4 is 39.2 Å². The average Bonchev–Trinajstić information content (AvgIpc) is 2.75. The van der Waals surface area contributed by atoms with Crippen LogP contribution < -0.4 is 10.0 Å². The summed E-state index contributed by atoms with van der Waals surface area (Å²) in [4.78, 5) is 34.5. The highest BCUT2D eigenvalue weighted by Gasteiger charge is 2.33. The molecule has 3 atom stereocenters. The molecule has 0 bridgehead atoms. The summed E-state index contributed by atoms with van der Waals surface area (Å²) in [6, 6.07) is 7.32. The second-order valence-corrected chi connectivity index (χ2v) is 9.22. The van der Waals surface area contributed by atoms with Gasteiger partial charge in [0.15, 0.2) is 6.04 Å². The van der Waals surface area contributed by atoms with Crippen molar-refractivity contribution in [1.82, 2.24) is 10.0 Å². The summed E-state index contributed by atoms with van der Waals surface area (Å²) in [6.07, 6.45) is 0.416. The zero-order valence-electron chi connectivity index (χ0n) is 17.2. The van der Waals surface area contributed by atoms with Gasteiger partial charge in [-0.3, -0.25) is 14.9 Å². The molecule has 0 aromatic heterocycles. The number of rotatable bonds is 10. The highest BCUT2D eigenvalue weighted by atomic mass is 35.5. The highest BCUT2D eigenvalue weighted by molar-refractivity contribution is 7.89. The second-order valence-electron chi connectivity index (χ2n) is 7.07. The van der Waals surface area contributed by atoms with E-state index in [1.165, 1.54) is 24.3 Å². The molecule has 0 spiro atoms. The minimum Gasteiger partial charge on any atom is -0.479 e. The maximum Gasteiger partial charge on any atom is 0.330 e. The number of carbonyl (C=O) groups excluding carboxylic acids is 1. The number of non-ortho nitro benzene ring substituents is 1. The van der Waals surface area contributed by atoms with Crippen molar-refractivity contribution in [2.75, 3.05) is 0 Å². The van der Waals surface area contributed by atoms with Crippen LogP contribution in [0.15, 0.2) is 53.4 Å². The number of nitro benzene ring substituents is 1. The number of nitrogens with zero attached hydrogens (tertiary/aromatic N) is 1. The van der Waals surface area contributed by atoms with E-state index in [0.717, 1.165) is 24.3 Å². The molecule has 0 aliphatic rings. The van der Waals surface area contributed by atoms with Crippen molar-refractivity contribution in [3.8, 4) is 0 Å². The lowest BCUT2D eigenvalue weighted by Crippen LogP contribution is -2.51. The van der Waals surface area contributed by atoms with E-state index >= 15 is 0 Å². The molecule has 0 saturated carbocycles. The molecule has 10 nitrogen and oxygen atoms in total. The van der Waals surface area contributed by atoms with Gasteiger partial charge in [-0.2, -0.15) is 4.72 Å². The van der Waals surface area contributed by atoms with Gasteiger partial charge in [-0.15, -0.1) is 0 Å². The molecule has 0 aliphatic heterocycles. The van der Waals surface area contributed by atoms with Crippen molar-refractivity contribution in [2.24, 2.45) is 5.92 Å². The Morgan fingerprint density at radius 2 is 1.69 bits per heavy atom. The quantitative estimate of drug-likeness (QED) is 0.346. The number of sulfonamides is 1. The van der Waals surface area contributed by atoms with E-state index < -0.39 is 44.8 Å². The van der Waals surface area contributed by atoms with Crippen LogP contribution in [-0.4, -0.2) is 36.4 Å². The molecule has 2 aromatic carbocycles. The molecule has 32 heavy (non-hydrogen) atoms. The number of halogens is 1. The van der Waals surface area contributed by atoms with Gasteiger partial charge in [0.2, 0.25) is 15.9 Å². The molecular formula is C20H22ClN3O7S. The topological polar surface area (TPSA) is 156 Å². The molecule has 0 aliphatic carbocycles. The monoisotopic (exact) mass is 483 g/mol. The lowest BCUT2D eigenvalue weighted by molar-refractivity contribution is -0.384. The van der Waals surface area contributed by atoms with E-state index in [9.17, 15) is 33.2 Å². The Morgan fingerprint density at radius 3 is 2.16 bits per heavy atom. The second kappa shape index (κ2) is 10.5. The van der Waals surface area contributed by atoms with Crippen molar-refractivity contribution < 1.29 is 28.0 Å². The summed E-state index contributed by atoms with van der Waals surface area (Å²) >= 11 is 5.82. The third-order valence-corrected chi connectivity index (χ3v) is 6.58. The van der Waals surface area contributed by atoms with Crippen molar-refractivity contribution in [3.63, 3.8) is 0 Å². The van der Waals surface area contributed by atoms with E-state index in [-0.39, 0.29) is 16.1 Å². The standard InChI is InChI=1S/C20H22ClN3O7S/c1-3-12(2)17(23-32(30,31)16-10-8-15(9-11-16)24(28)29)19(25)22-18(20(26)27)13-4-6-14(21)7-5-13/h4-12,17-18,23H,3H2,1-2H3,(H,22,25)(H,26,27). The van der Waals surface area contributed by atoms with Gasteiger partial charge in [0.25, 0.3) is 5.69 Å². The van der Waals surface area contributed by atoms with Gasteiger partial charge in [0, 0.05) is 17.2 Å². The first-order valence-electron chi connectivity index (χ1n) is 9.51. The summed E-state index contributed by atoms with van der Waals surface area (Å²) in [7, 11) is -4.23. The van der Waals surface area contributed by atoms with E-state index in [4.69, 9.17) is 11.6 Å². The van der Waals surface area contributed by atoms with Crippen LogP contribution in [-0.2, 0) is 19.6 Å². The number of aliphatic carboxylic acids is 1. The largest absolute Gasteiger partial charge is 0.479 e. The molecule has 0 heterocycles. The number of benzene rings is 2. The van der Waals surface area contributed by atoms with Crippen molar-refractivity contribution in [1.29, 1.82) is 0 Å². The Balaban J connectivity index is 2.29. The van der Waals surface area contributed by atoms with Gasteiger partial charge >= 0.3 is 5.97 Å². The molecule has 172 valence electrons. The fourth-order valence-electron chi connectivity index (χ4n) is 2.82. The maximum atomic E-state index is 12.9. The number of nitrogens with one attached hydrogen (secondary N) is 2. The molecule has 0 fully saturated rings. The molecule has 1 amide bonds. The third kappa shape index (κ3) is 6.25. The first-order chi connectivity index (χ1) is 15.0. The number of nitro groups is 1. The van der Waals surface area contributed by atoms with Gasteiger partial charge in [0.1, 0.15) is 6.04 Å². The molecule has 2 rings (SSSR count). The first-order valence-corrected chi connectivity index (χ1v) is 11.4. The lowest BCUT2D eigenvalue weighted by atomic mass is 9.98. The number of carboxylic acid groups (broad SMARTS) is 1. The maximum absolute atomic E-state index is 12.9. The number of hydrogen-bond acceptors (Lipinski definition) is 6. The van der Waals surface area contributed by atoms with Crippen LogP contribution in [0.1, 0.15) is 31.9 Å². The SMILES string of the molecule is CCC(C)C(NS(=O)(=O)c1ccc([N+](=O)[O-])cc1)C(=O)NC(C(=O)O)c1ccc(Cl)cc1. The minimum atomic E-state index is -4.23. The van der Waals surface area contributed by atoms with Crippen LogP contribution in [0.3, 0.4) is 0 Å². The van der Waals surface area contributed by atoms with E-state index in [1.807, 2.05) is 0 Å².